The molecule has 286 valence electrons. The number of benzene rings is 3. The van der Waals surface area contributed by atoms with E-state index in [4.69, 9.17) is 9.47 Å². The van der Waals surface area contributed by atoms with Crippen LogP contribution in [0.25, 0.3) is 10.8 Å². The van der Waals surface area contributed by atoms with Gasteiger partial charge in [0.2, 0.25) is 11.8 Å². The maximum atomic E-state index is 15.2. The van der Waals surface area contributed by atoms with Gasteiger partial charge in [-0.3, -0.25) is 19.2 Å². The Morgan fingerprint density at radius 1 is 1.07 bits per heavy atom. The number of hydrogen-bond donors (Lipinski definition) is 2. The van der Waals surface area contributed by atoms with E-state index < -0.39 is 59.6 Å². The Morgan fingerprint density at radius 3 is 2.44 bits per heavy atom. The number of nitrogens with one attached hydrogen (secondary N) is 1. The lowest BCUT2D eigenvalue weighted by atomic mass is 9.70. The molecule has 11 heteroatoms. The van der Waals surface area contributed by atoms with Crippen LogP contribution in [-0.2, 0) is 28.7 Å². The Labute approximate surface area is 325 Å². The lowest BCUT2D eigenvalue weighted by molar-refractivity contribution is -0.162. The molecule has 3 heterocycles. The zero-order valence-electron chi connectivity index (χ0n) is 31.1. The monoisotopic (exact) mass is 799 g/mol. The zero-order valence-corrected chi connectivity index (χ0v) is 32.7. The van der Waals surface area contributed by atoms with Crippen LogP contribution in [0.5, 0.6) is 0 Å². The number of anilines is 1. The third kappa shape index (κ3) is 7.13. The third-order valence-electron chi connectivity index (χ3n) is 11.5. The molecule has 2 bridgehead atoms. The summed E-state index contributed by atoms with van der Waals surface area (Å²) in [6, 6.07) is 20.3. The van der Waals surface area contributed by atoms with Crippen molar-refractivity contribution in [3.63, 3.8) is 0 Å². The molecule has 0 radical (unpaired) electrons. The topological polar surface area (TPSA) is 125 Å². The first-order chi connectivity index (χ1) is 26.0. The second kappa shape index (κ2) is 16.6. The molecule has 3 aliphatic heterocycles. The fraction of sp³-hybridized carbons (Fsp3) is 0.442. The highest BCUT2D eigenvalue weighted by molar-refractivity contribution is 9.09. The second-order valence-corrected chi connectivity index (χ2v) is 15.9. The van der Waals surface area contributed by atoms with Gasteiger partial charge in [-0.1, -0.05) is 109 Å². The molecule has 0 saturated carbocycles. The molecule has 3 aromatic carbocycles. The summed E-state index contributed by atoms with van der Waals surface area (Å²) in [5, 5.41) is 15.8. The van der Waals surface area contributed by atoms with Gasteiger partial charge >= 0.3 is 5.97 Å². The number of likely N-dealkylation sites (tertiary alicyclic amines) is 1. The first-order valence-electron chi connectivity index (χ1n) is 18.8. The average Bonchev–Trinajstić information content (AvgIpc) is 3.78. The largest absolute Gasteiger partial charge is 0.455 e. The van der Waals surface area contributed by atoms with Gasteiger partial charge in [0.05, 0.1) is 36.6 Å². The zero-order chi connectivity index (χ0) is 38.7. The summed E-state index contributed by atoms with van der Waals surface area (Å²) in [6.45, 7) is 13.1. The maximum absolute atomic E-state index is 15.2. The van der Waals surface area contributed by atoms with E-state index in [1.165, 1.54) is 4.90 Å². The van der Waals surface area contributed by atoms with Crippen molar-refractivity contribution in [2.75, 3.05) is 18.1 Å². The third-order valence-corrected chi connectivity index (χ3v) is 12.3. The van der Waals surface area contributed by atoms with Crippen LogP contribution in [0.3, 0.4) is 0 Å². The van der Waals surface area contributed by atoms with E-state index in [0.29, 0.717) is 30.5 Å². The Bertz CT molecular complexity index is 1890. The molecule has 3 amide bonds. The molecule has 54 heavy (non-hydrogen) atoms. The number of amides is 3. The summed E-state index contributed by atoms with van der Waals surface area (Å²) >= 11 is 3.77. The number of carbonyl (C=O) groups excluding carboxylic acids is 4. The molecule has 6 rings (SSSR count). The maximum Gasteiger partial charge on any atom is 0.313 e. The van der Waals surface area contributed by atoms with Crippen molar-refractivity contribution >= 4 is 56.1 Å². The van der Waals surface area contributed by atoms with Gasteiger partial charge in [0.1, 0.15) is 17.7 Å². The van der Waals surface area contributed by atoms with Gasteiger partial charge in [0.15, 0.2) is 0 Å². The molecule has 3 aliphatic rings. The minimum Gasteiger partial charge on any atom is -0.455 e. The Kier molecular flexibility index (Phi) is 12.1. The van der Waals surface area contributed by atoms with E-state index >= 15 is 9.59 Å². The summed E-state index contributed by atoms with van der Waals surface area (Å²) in [7, 11) is 0. The second-order valence-electron chi connectivity index (χ2n) is 14.8. The van der Waals surface area contributed by atoms with E-state index in [2.05, 4.69) is 34.4 Å². The van der Waals surface area contributed by atoms with Gasteiger partial charge in [0, 0.05) is 23.5 Å². The number of halogens is 1. The number of allylic oxidation sites excluding steroid dienone is 1. The van der Waals surface area contributed by atoms with Crippen LogP contribution in [0.2, 0.25) is 0 Å². The van der Waals surface area contributed by atoms with Crippen LogP contribution in [0.1, 0.15) is 58.1 Å². The SMILES string of the molecule is C=CCCC(=O)N[C@@H](C)[C@H](OC(=O)[C@@H]1[C@H]2O[C@@]3(CC2Br)[C@H](C(=O)N(CC=C)c2ccc4ccccc4c2)N([C@@H](CO)[C@@H](C)CC)C(=O)[C@@H]13)c1ccccc1. The van der Waals surface area contributed by atoms with Crippen molar-refractivity contribution in [1.82, 2.24) is 10.2 Å². The molecule has 3 aromatic rings. The number of fused-ring (bicyclic) bond motifs is 2. The first-order valence-corrected chi connectivity index (χ1v) is 19.7. The number of aliphatic hydroxyl groups excluding tert-OH is 1. The lowest BCUT2D eigenvalue weighted by Crippen LogP contribution is -2.60. The quantitative estimate of drug-likeness (QED) is 0.0995. The number of hydrogen-bond acceptors (Lipinski definition) is 7. The van der Waals surface area contributed by atoms with Crippen molar-refractivity contribution in [2.24, 2.45) is 17.8 Å². The highest BCUT2D eigenvalue weighted by Crippen LogP contribution is 2.61. The summed E-state index contributed by atoms with van der Waals surface area (Å²) < 4.78 is 13.1. The standard InChI is InChI=1S/C43H50BrN3O7/c1-6-9-19-34(49)45-27(5)37(29-16-11-10-12-17-29)53-42(52)35-36-40(50)47(33(25-48)26(4)8-3)39(43(36)24-32(44)38(35)54-43)41(51)46(22-7-2)31-21-20-28-15-13-14-18-30(28)23-31/h6-7,10-18,20-21,23,26-27,32-33,35-39,48H,1-2,8-9,19,22,24-25H2,3-5H3,(H,45,49)/t26-,27-,32?,33-,35-,36+,37-,38-,39-,43+/m0/s1. The number of carbonyl (C=O) groups is 4. The number of esters is 1. The van der Waals surface area contributed by atoms with Crippen molar-refractivity contribution in [2.45, 2.75) is 87.2 Å². The molecule has 3 fully saturated rings. The number of aliphatic hydroxyl groups is 1. The minimum absolute atomic E-state index is 0.158. The summed E-state index contributed by atoms with van der Waals surface area (Å²) in [4.78, 5) is 60.4. The fourth-order valence-electron chi connectivity index (χ4n) is 8.67. The predicted molar refractivity (Wildman–Crippen MR) is 212 cm³/mol. The lowest BCUT2D eigenvalue weighted by Gasteiger charge is -2.41. The number of rotatable bonds is 16. The van der Waals surface area contributed by atoms with E-state index in [0.717, 1.165) is 10.8 Å². The molecule has 1 spiro atoms. The highest BCUT2D eigenvalue weighted by atomic mass is 79.9. The van der Waals surface area contributed by atoms with Crippen molar-refractivity contribution in [3.05, 3.63) is 104 Å². The molecular weight excluding hydrogens is 750 g/mol. The number of ether oxygens (including phenoxy) is 2. The van der Waals surface area contributed by atoms with Gasteiger partial charge in [-0.25, -0.2) is 0 Å². The molecule has 0 aliphatic carbocycles. The summed E-state index contributed by atoms with van der Waals surface area (Å²) in [5.74, 6) is -3.94. The molecule has 10 atom stereocenters. The smallest absolute Gasteiger partial charge is 0.313 e. The number of nitrogens with zero attached hydrogens (tertiary/aromatic N) is 2. The number of alkyl halides is 1. The average molecular weight is 801 g/mol. The summed E-state index contributed by atoms with van der Waals surface area (Å²) in [5.41, 5.74) is -0.0825. The van der Waals surface area contributed by atoms with E-state index in [-0.39, 0.29) is 42.1 Å². The summed E-state index contributed by atoms with van der Waals surface area (Å²) in [6.07, 6.45) is 3.35. The van der Waals surface area contributed by atoms with Crippen molar-refractivity contribution < 1.29 is 33.8 Å². The molecule has 10 nitrogen and oxygen atoms in total. The van der Waals surface area contributed by atoms with Crippen LogP contribution in [0, 0.1) is 17.8 Å². The van der Waals surface area contributed by atoms with Crippen LogP contribution < -0.4 is 10.2 Å². The van der Waals surface area contributed by atoms with Crippen LogP contribution in [0.15, 0.2) is 98.1 Å². The van der Waals surface area contributed by atoms with E-state index in [9.17, 15) is 14.7 Å². The molecule has 3 saturated heterocycles. The Morgan fingerprint density at radius 2 is 1.78 bits per heavy atom. The van der Waals surface area contributed by atoms with Gasteiger partial charge in [0.25, 0.3) is 5.91 Å². The van der Waals surface area contributed by atoms with Gasteiger partial charge < -0.3 is 29.7 Å². The van der Waals surface area contributed by atoms with Gasteiger partial charge in [-0.2, -0.15) is 0 Å². The van der Waals surface area contributed by atoms with Crippen LogP contribution in [-0.4, -0.2) is 81.5 Å². The molecule has 1 unspecified atom stereocenters. The molecule has 2 N–H and O–H groups in total. The van der Waals surface area contributed by atoms with E-state index in [1.54, 1.807) is 24.0 Å². The van der Waals surface area contributed by atoms with Crippen LogP contribution in [0.4, 0.5) is 5.69 Å². The van der Waals surface area contributed by atoms with Gasteiger partial charge in [-0.15, -0.1) is 13.2 Å². The Hall–Kier alpha value is -4.32. The molecule has 0 aromatic heterocycles. The van der Waals surface area contributed by atoms with Crippen LogP contribution >= 0.6 is 15.9 Å². The molecular formula is C43H50BrN3O7. The normalized spacial score (nSPS) is 26.4. The van der Waals surface area contributed by atoms with Gasteiger partial charge in [-0.05, 0) is 54.2 Å². The predicted octanol–water partition coefficient (Wildman–Crippen LogP) is 6.27. The Balaban J connectivity index is 1.40. The van der Waals surface area contributed by atoms with E-state index in [1.807, 2.05) is 86.6 Å². The van der Waals surface area contributed by atoms with Crippen molar-refractivity contribution in [1.29, 1.82) is 0 Å². The van der Waals surface area contributed by atoms with Crippen molar-refractivity contribution in [3.8, 4) is 0 Å². The minimum atomic E-state index is -1.39. The fourth-order valence-corrected chi connectivity index (χ4v) is 9.61. The highest BCUT2D eigenvalue weighted by Gasteiger charge is 2.78. The first kappa shape index (κ1) is 39.4.